The molecule has 1 heterocycles. The number of ketones is 1. The van der Waals surface area contributed by atoms with Crippen molar-refractivity contribution in [2.45, 2.75) is 51.6 Å². The molecule has 0 aromatic carbocycles. The molecule has 1 atom stereocenters. The molecule has 2 nitrogen and oxygen atoms in total. The second-order valence-electron chi connectivity index (χ2n) is 3.47. The molecule has 1 fully saturated rings. The minimum Gasteiger partial charge on any atom is -0.362 e. The predicted octanol–water partition coefficient (Wildman–Crippen LogP) is 2.31. The van der Waals surface area contributed by atoms with Gasteiger partial charge in [-0.2, -0.15) is 0 Å². The normalized spacial score (nSPS) is 22.4. The van der Waals surface area contributed by atoms with Crippen LogP contribution in [0.4, 0.5) is 0 Å². The molecule has 1 aliphatic heterocycles. The molecule has 1 aliphatic rings. The second kappa shape index (κ2) is 5.31. The molecule has 2 heteroatoms. The van der Waals surface area contributed by atoms with Crippen molar-refractivity contribution in [3.8, 4) is 0 Å². The van der Waals surface area contributed by atoms with Crippen LogP contribution in [0.2, 0.25) is 0 Å². The molecule has 0 bridgehead atoms. The van der Waals surface area contributed by atoms with E-state index in [-0.39, 0.29) is 6.10 Å². The highest BCUT2D eigenvalue weighted by atomic mass is 16.5. The number of rotatable bonds is 6. The van der Waals surface area contributed by atoms with Crippen LogP contribution in [0.3, 0.4) is 0 Å². The Labute approximate surface area is 74.3 Å². The summed E-state index contributed by atoms with van der Waals surface area (Å²) in [6.45, 7) is 2.57. The lowest BCUT2D eigenvalue weighted by molar-refractivity contribution is -0.155. The van der Waals surface area contributed by atoms with Gasteiger partial charge in [0.25, 0.3) is 0 Å². The highest BCUT2D eigenvalue weighted by Gasteiger charge is 2.27. The Bertz CT molecular complexity index is 143. The van der Waals surface area contributed by atoms with Crippen molar-refractivity contribution in [2.24, 2.45) is 0 Å². The van der Waals surface area contributed by atoms with Gasteiger partial charge in [-0.25, -0.2) is 0 Å². The third-order valence-electron chi connectivity index (χ3n) is 2.36. The summed E-state index contributed by atoms with van der Waals surface area (Å²) >= 11 is 0. The van der Waals surface area contributed by atoms with Crippen LogP contribution in [0, 0.1) is 0 Å². The molecule has 1 rings (SSSR count). The molecule has 0 N–H and O–H groups in total. The quantitative estimate of drug-likeness (QED) is 0.572. The summed E-state index contributed by atoms with van der Waals surface area (Å²) in [5.74, 6) is 0.297. The zero-order chi connectivity index (χ0) is 8.81. The molecule has 0 aromatic heterocycles. The van der Waals surface area contributed by atoms with E-state index in [1.165, 1.54) is 25.7 Å². The van der Waals surface area contributed by atoms with Crippen molar-refractivity contribution < 1.29 is 9.53 Å². The van der Waals surface area contributed by atoms with Crippen molar-refractivity contribution in [3.05, 3.63) is 0 Å². The van der Waals surface area contributed by atoms with Gasteiger partial charge in [-0.15, -0.1) is 0 Å². The summed E-state index contributed by atoms with van der Waals surface area (Å²) in [7, 11) is 0. The second-order valence-corrected chi connectivity index (χ2v) is 3.47. The number of carbonyl (C=O) groups excluding carboxylic acids is 1. The van der Waals surface area contributed by atoms with Crippen LogP contribution in [0.15, 0.2) is 0 Å². The Kier molecular flexibility index (Phi) is 4.30. The van der Waals surface area contributed by atoms with Crippen LogP contribution in [0.1, 0.15) is 45.4 Å². The lowest BCUT2D eigenvalue weighted by atomic mass is 10.0. The van der Waals surface area contributed by atoms with Gasteiger partial charge in [-0.05, 0) is 6.42 Å². The zero-order valence-corrected chi connectivity index (χ0v) is 7.84. The van der Waals surface area contributed by atoms with Gasteiger partial charge in [0.15, 0.2) is 5.78 Å². The lowest BCUT2D eigenvalue weighted by Gasteiger charge is -2.24. The SMILES string of the molecule is CCCCCCCC1OCC1=O. The van der Waals surface area contributed by atoms with Gasteiger partial charge in [-0.1, -0.05) is 39.0 Å². The number of hydrogen-bond acceptors (Lipinski definition) is 2. The summed E-state index contributed by atoms with van der Waals surface area (Å²) in [6.07, 6.45) is 7.21. The number of carbonyl (C=O) groups is 1. The molecule has 1 saturated heterocycles. The average Bonchev–Trinajstić information content (AvgIpc) is 2.08. The van der Waals surface area contributed by atoms with E-state index in [0.29, 0.717) is 12.4 Å². The van der Waals surface area contributed by atoms with Crippen molar-refractivity contribution >= 4 is 5.78 Å². The van der Waals surface area contributed by atoms with Gasteiger partial charge >= 0.3 is 0 Å². The molecule has 12 heavy (non-hydrogen) atoms. The first kappa shape index (κ1) is 9.72. The van der Waals surface area contributed by atoms with Gasteiger partial charge in [0.1, 0.15) is 12.7 Å². The van der Waals surface area contributed by atoms with Gasteiger partial charge in [-0.3, -0.25) is 4.79 Å². The molecule has 0 saturated carbocycles. The first-order valence-electron chi connectivity index (χ1n) is 4.99. The first-order chi connectivity index (χ1) is 5.84. The topological polar surface area (TPSA) is 26.3 Å². The molecule has 0 aromatic rings. The van der Waals surface area contributed by atoms with Crippen LogP contribution >= 0.6 is 0 Å². The number of Topliss-reactive ketones (excluding diaryl/α,β-unsaturated/α-hetero) is 1. The van der Waals surface area contributed by atoms with Crippen LogP contribution in [-0.2, 0) is 9.53 Å². The number of ether oxygens (including phenoxy) is 1. The van der Waals surface area contributed by atoms with Gasteiger partial charge in [0, 0.05) is 0 Å². The summed E-state index contributed by atoms with van der Waals surface area (Å²) in [5.41, 5.74) is 0. The van der Waals surface area contributed by atoms with Gasteiger partial charge < -0.3 is 4.74 Å². The lowest BCUT2D eigenvalue weighted by Crippen LogP contribution is -2.39. The maximum atomic E-state index is 10.8. The fourth-order valence-corrected chi connectivity index (χ4v) is 1.45. The van der Waals surface area contributed by atoms with Crippen molar-refractivity contribution in [2.75, 3.05) is 6.61 Å². The summed E-state index contributed by atoms with van der Waals surface area (Å²) in [5, 5.41) is 0. The average molecular weight is 170 g/mol. The molecule has 0 aliphatic carbocycles. The van der Waals surface area contributed by atoms with E-state index in [1.54, 1.807) is 0 Å². The number of unbranched alkanes of at least 4 members (excludes halogenated alkanes) is 4. The predicted molar refractivity (Wildman–Crippen MR) is 48.1 cm³/mol. The molecular formula is C10H18O2. The van der Waals surface area contributed by atoms with Crippen LogP contribution in [0.25, 0.3) is 0 Å². The Morgan fingerprint density at radius 2 is 2.08 bits per heavy atom. The van der Waals surface area contributed by atoms with E-state index in [4.69, 9.17) is 4.74 Å². The summed E-state index contributed by atoms with van der Waals surface area (Å²) in [6, 6.07) is 0. The fraction of sp³-hybridized carbons (Fsp3) is 0.900. The van der Waals surface area contributed by atoms with E-state index in [1.807, 2.05) is 0 Å². The summed E-state index contributed by atoms with van der Waals surface area (Å²) in [4.78, 5) is 10.8. The Hall–Kier alpha value is -0.370. The Morgan fingerprint density at radius 1 is 1.33 bits per heavy atom. The zero-order valence-electron chi connectivity index (χ0n) is 7.84. The highest BCUT2D eigenvalue weighted by Crippen LogP contribution is 2.15. The maximum absolute atomic E-state index is 10.8. The standard InChI is InChI=1S/C10H18O2/c1-2-3-4-5-6-7-10-9(11)8-12-10/h10H,2-8H2,1H3. The third kappa shape index (κ3) is 2.94. The van der Waals surface area contributed by atoms with E-state index in [9.17, 15) is 4.79 Å². The third-order valence-corrected chi connectivity index (χ3v) is 2.36. The first-order valence-corrected chi connectivity index (χ1v) is 4.99. The molecular weight excluding hydrogens is 152 g/mol. The van der Waals surface area contributed by atoms with Crippen LogP contribution in [-0.4, -0.2) is 18.5 Å². The number of hydrogen-bond donors (Lipinski definition) is 0. The minimum atomic E-state index is -0.0355. The van der Waals surface area contributed by atoms with Crippen molar-refractivity contribution in [1.29, 1.82) is 0 Å². The van der Waals surface area contributed by atoms with Crippen molar-refractivity contribution in [1.82, 2.24) is 0 Å². The van der Waals surface area contributed by atoms with Gasteiger partial charge in [0.2, 0.25) is 0 Å². The Balaban J connectivity index is 1.85. The van der Waals surface area contributed by atoms with Crippen LogP contribution in [0.5, 0.6) is 0 Å². The monoisotopic (exact) mass is 170 g/mol. The molecule has 0 radical (unpaired) electrons. The fourth-order valence-electron chi connectivity index (χ4n) is 1.45. The van der Waals surface area contributed by atoms with E-state index < -0.39 is 0 Å². The van der Waals surface area contributed by atoms with Gasteiger partial charge in [0.05, 0.1) is 0 Å². The smallest absolute Gasteiger partial charge is 0.187 e. The molecule has 0 amide bonds. The molecule has 0 spiro atoms. The van der Waals surface area contributed by atoms with Crippen molar-refractivity contribution in [3.63, 3.8) is 0 Å². The largest absolute Gasteiger partial charge is 0.362 e. The Morgan fingerprint density at radius 3 is 2.58 bits per heavy atom. The van der Waals surface area contributed by atoms with E-state index >= 15 is 0 Å². The van der Waals surface area contributed by atoms with E-state index in [2.05, 4.69) is 6.92 Å². The van der Waals surface area contributed by atoms with E-state index in [0.717, 1.165) is 12.8 Å². The highest BCUT2D eigenvalue weighted by molar-refractivity contribution is 5.88. The van der Waals surface area contributed by atoms with Crippen LogP contribution < -0.4 is 0 Å². The minimum absolute atomic E-state index is 0.0355. The molecule has 1 unspecified atom stereocenters. The maximum Gasteiger partial charge on any atom is 0.187 e. The summed E-state index contributed by atoms with van der Waals surface area (Å²) < 4.78 is 5.10. The molecule has 70 valence electrons.